The lowest BCUT2D eigenvalue weighted by atomic mass is 10.0. The Hall–Kier alpha value is -1.95. The topological polar surface area (TPSA) is 71.3 Å². The summed E-state index contributed by atoms with van der Waals surface area (Å²) in [7, 11) is 0. The Bertz CT molecular complexity index is 732. The first-order valence-electron chi connectivity index (χ1n) is 8.81. The van der Waals surface area contributed by atoms with E-state index in [1.165, 1.54) is 0 Å². The van der Waals surface area contributed by atoms with Crippen LogP contribution in [0.1, 0.15) is 61.3 Å². The number of fused-ring (bicyclic) bond motifs is 1. The van der Waals surface area contributed by atoms with Crippen LogP contribution in [0.4, 0.5) is 0 Å². The van der Waals surface area contributed by atoms with Crippen molar-refractivity contribution in [3.8, 4) is 0 Å². The number of aryl methyl sites for hydroxylation is 1. The zero-order valence-corrected chi connectivity index (χ0v) is 14.9. The van der Waals surface area contributed by atoms with Crippen LogP contribution in [0.15, 0.2) is 10.6 Å². The molecule has 6 nitrogen and oxygen atoms in total. The van der Waals surface area contributed by atoms with Crippen molar-refractivity contribution in [1.82, 2.24) is 20.4 Å². The first kappa shape index (κ1) is 16.9. The molecule has 130 valence electrons. The largest absolute Gasteiger partial charge is 0.336 e. The molecule has 1 fully saturated rings. The van der Waals surface area contributed by atoms with Crippen LogP contribution in [0.5, 0.6) is 0 Å². The Labute approximate surface area is 142 Å². The van der Waals surface area contributed by atoms with E-state index in [0.29, 0.717) is 11.3 Å². The number of carbonyl (C=O) groups is 1. The number of pyridine rings is 1. The molecule has 2 aromatic heterocycles. The summed E-state index contributed by atoms with van der Waals surface area (Å²) in [5.74, 6) is 0.283. The van der Waals surface area contributed by atoms with Crippen molar-refractivity contribution < 1.29 is 9.32 Å². The maximum absolute atomic E-state index is 13.4. The van der Waals surface area contributed by atoms with Crippen LogP contribution in [0.2, 0.25) is 0 Å². The normalized spacial score (nSPS) is 17.8. The highest BCUT2D eigenvalue weighted by Gasteiger charge is 2.29. The standard InChI is InChI=1S/C18H26N4O2/c1-5-8-22(13-6-7-19-10-13)18(23)14-9-15(11(2)3)20-17-16(14)12(4)21-24-17/h9,11,13,19H,5-8,10H2,1-4H3. The van der Waals surface area contributed by atoms with Crippen molar-refractivity contribution in [2.75, 3.05) is 19.6 Å². The van der Waals surface area contributed by atoms with E-state index in [-0.39, 0.29) is 17.9 Å². The summed E-state index contributed by atoms with van der Waals surface area (Å²) >= 11 is 0. The molecule has 0 spiro atoms. The number of carbonyl (C=O) groups excluding carboxylic acids is 1. The lowest BCUT2D eigenvalue weighted by Gasteiger charge is -2.28. The lowest BCUT2D eigenvalue weighted by Crippen LogP contribution is -2.42. The molecule has 24 heavy (non-hydrogen) atoms. The number of nitrogens with one attached hydrogen (secondary N) is 1. The highest BCUT2D eigenvalue weighted by atomic mass is 16.5. The molecular formula is C18H26N4O2. The van der Waals surface area contributed by atoms with Gasteiger partial charge in [0.2, 0.25) is 0 Å². The summed E-state index contributed by atoms with van der Waals surface area (Å²) in [5.41, 5.74) is 2.71. The second kappa shape index (κ2) is 6.89. The molecule has 3 heterocycles. The second-order valence-electron chi connectivity index (χ2n) is 6.84. The van der Waals surface area contributed by atoms with Gasteiger partial charge in [-0.15, -0.1) is 0 Å². The van der Waals surface area contributed by atoms with Crippen molar-refractivity contribution in [2.24, 2.45) is 0 Å². The van der Waals surface area contributed by atoms with Crippen molar-refractivity contribution in [2.45, 2.75) is 52.5 Å². The summed E-state index contributed by atoms with van der Waals surface area (Å²) < 4.78 is 5.35. The molecule has 1 aliphatic heterocycles. The van der Waals surface area contributed by atoms with E-state index >= 15 is 0 Å². The van der Waals surface area contributed by atoms with Gasteiger partial charge in [0.1, 0.15) is 0 Å². The van der Waals surface area contributed by atoms with Crippen LogP contribution in [-0.4, -0.2) is 46.6 Å². The number of amides is 1. The third-order valence-electron chi connectivity index (χ3n) is 4.66. The fraction of sp³-hybridized carbons (Fsp3) is 0.611. The molecule has 0 saturated carbocycles. The van der Waals surface area contributed by atoms with Gasteiger partial charge in [-0.3, -0.25) is 4.79 Å². The number of rotatable bonds is 5. The van der Waals surface area contributed by atoms with Crippen molar-refractivity contribution >= 4 is 17.0 Å². The number of hydrogen-bond acceptors (Lipinski definition) is 5. The molecule has 0 aliphatic carbocycles. The maximum atomic E-state index is 13.4. The third-order valence-corrected chi connectivity index (χ3v) is 4.66. The van der Waals surface area contributed by atoms with Gasteiger partial charge in [0.05, 0.1) is 16.6 Å². The molecule has 0 aromatic carbocycles. The highest BCUT2D eigenvalue weighted by molar-refractivity contribution is 6.06. The van der Waals surface area contributed by atoms with Crippen LogP contribution in [-0.2, 0) is 0 Å². The molecular weight excluding hydrogens is 304 g/mol. The average Bonchev–Trinajstić information content (AvgIpc) is 3.21. The molecule has 1 saturated heterocycles. The monoisotopic (exact) mass is 330 g/mol. The van der Waals surface area contributed by atoms with E-state index < -0.39 is 0 Å². The molecule has 1 amide bonds. The summed E-state index contributed by atoms with van der Waals surface area (Å²) in [4.78, 5) is 19.9. The molecule has 1 atom stereocenters. The summed E-state index contributed by atoms with van der Waals surface area (Å²) in [6.07, 6.45) is 1.94. The molecule has 0 radical (unpaired) electrons. The van der Waals surface area contributed by atoms with E-state index in [2.05, 4.69) is 36.2 Å². The molecule has 2 aromatic rings. The minimum Gasteiger partial charge on any atom is -0.336 e. The SMILES string of the molecule is CCCN(C(=O)c1cc(C(C)C)nc2onc(C)c12)C1CCNC1. The smallest absolute Gasteiger partial charge is 0.259 e. The van der Waals surface area contributed by atoms with Gasteiger partial charge < -0.3 is 14.7 Å². The van der Waals surface area contributed by atoms with Crippen LogP contribution < -0.4 is 5.32 Å². The van der Waals surface area contributed by atoms with Crippen LogP contribution in [0.3, 0.4) is 0 Å². The zero-order chi connectivity index (χ0) is 17.3. The Morgan fingerprint density at radius 2 is 2.29 bits per heavy atom. The molecule has 0 bridgehead atoms. The van der Waals surface area contributed by atoms with Gasteiger partial charge in [-0.1, -0.05) is 25.9 Å². The zero-order valence-electron chi connectivity index (χ0n) is 14.9. The summed E-state index contributed by atoms with van der Waals surface area (Å²) in [5, 5.41) is 8.12. The minimum atomic E-state index is 0.0613. The first-order chi connectivity index (χ1) is 11.5. The van der Waals surface area contributed by atoms with E-state index in [9.17, 15) is 4.79 Å². The summed E-state index contributed by atoms with van der Waals surface area (Å²) in [6, 6.07) is 2.17. The first-order valence-corrected chi connectivity index (χ1v) is 8.81. The Morgan fingerprint density at radius 3 is 2.92 bits per heavy atom. The predicted octanol–water partition coefficient (Wildman–Crippen LogP) is 2.87. The van der Waals surface area contributed by atoms with Crippen molar-refractivity contribution in [1.29, 1.82) is 0 Å². The quantitative estimate of drug-likeness (QED) is 0.913. The van der Waals surface area contributed by atoms with Gasteiger partial charge in [-0.2, -0.15) is 0 Å². The number of hydrogen-bond donors (Lipinski definition) is 1. The van der Waals surface area contributed by atoms with E-state index in [0.717, 1.165) is 49.2 Å². The van der Waals surface area contributed by atoms with Crippen LogP contribution >= 0.6 is 0 Å². The van der Waals surface area contributed by atoms with Gasteiger partial charge in [-0.05, 0) is 38.3 Å². The van der Waals surface area contributed by atoms with E-state index in [4.69, 9.17) is 4.52 Å². The fourth-order valence-electron chi connectivity index (χ4n) is 3.33. The van der Waals surface area contributed by atoms with Gasteiger partial charge >= 0.3 is 0 Å². The summed E-state index contributed by atoms with van der Waals surface area (Å²) in [6.45, 7) is 10.7. The lowest BCUT2D eigenvalue weighted by molar-refractivity contribution is 0.0694. The molecule has 1 aliphatic rings. The Kier molecular flexibility index (Phi) is 4.85. The molecule has 1 N–H and O–H groups in total. The van der Waals surface area contributed by atoms with E-state index in [1.54, 1.807) is 0 Å². The van der Waals surface area contributed by atoms with Gasteiger partial charge in [-0.25, -0.2) is 4.98 Å². The minimum absolute atomic E-state index is 0.0613. The predicted molar refractivity (Wildman–Crippen MR) is 93.2 cm³/mol. The Balaban J connectivity index is 2.08. The molecule has 6 heteroatoms. The van der Waals surface area contributed by atoms with E-state index in [1.807, 2.05) is 17.9 Å². The van der Waals surface area contributed by atoms with Crippen molar-refractivity contribution in [3.63, 3.8) is 0 Å². The molecule has 1 unspecified atom stereocenters. The van der Waals surface area contributed by atoms with Gasteiger partial charge in [0.25, 0.3) is 11.6 Å². The number of aromatic nitrogens is 2. The fourth-order valence-corrected chi connectivity index (χ4v) is 3.33. The van der Waals surface area contributed by atoms with Crippen LogP contribution in [0, 0.1) is 6.92 Å². The maximum Gasteiger partial charge on any atom is 0.259 e. The average molecular weight is 330 g/mol. The van der Waals surface area contributed by atoms with Gasteiger partial charge in [0, 0.05) is 24.8 Å². The Morgan fingerprint density at radius 1 is 1.50 bits per heavy atom. The van der Waals surface area contributed by atoms with Gasteiger partial charge in [0.15, 0.2) is 0 Å². The number of nitrogens with zero attached hydrogens (tertiary/aromatic N) is 3. The van der Waals surface area contributed by atoms with Crippen molar-refractivity contribution in [3.05, 3.63) is 23.0 Å². The van der Waals surface area contributed by atoms with Crippen LogP contribution in [0.25, 0.3) is 11.1 Å². The second-order valence-corrected chi connectivity index (χ2v) is 6.84. The highest BCUT2D eigenvalue weighted by Crippen LogP contribution is 2.27. The third kappa shape index (κ3) is 3.02. The molecule has 3 rings (SSSR count).